The highest BCUT2D eigenvalue weighted by Crippen LogP contribution is 2.25. The minimum absolute atomic E-state index is 0.589. The largest absolute Gasteiger partial charge is 0.493 e. The van der Waals surface area contributed by atoms with Crippen LogP contribution in [-0.4, -0.2) is 51.3 Å². The van der Waals surface area contributed by atoms with E-state index < -0.39 is 0 Å². The van der Waals surface area contributed by atoms with E-state index in [1.165, 1.54) is 0 Å². The maximum Gasteiger partial charge on any atom is 0.161 e. The van der Waals surface area contributed by atoms with Crippen molar-refractivity contribution in [1.82, 2.24) is 10.2 Å². The average molecular weight is 266 g/mol. The van der Waals surface area contributed by atoms with E-state index in [0.29, 0.717) is 12.6 Å². The van der Waals surface area contributed by atoms with E-state index in [9.17, 15) is 0 Å². The van der Waals surface area contributed by atoms with Gasteiger partial charge in [0.15, 0.2) is 11.5 Å². The molecule has 0 heterocycles. The van der Waals surface area contributed by atoms with Gasteiger partial charge in [-0.25, -0.2) is 0 Å². The van der Waals surface area contributed by atoms with E-state index in [1.807, 2.05) is 24.3 Å². The van der Waals surface area contributed by atoms with Gasteiger partial charge in [0.1, 0.15) is 6.61 Å². The lowest BCUT2D eigenvalue weighted by Gasteiger charge is -2.20. The predicted molar refractivity (Wildman–Crippen MR) is 79.1 cm³/mol. The monoisotopic (exact) mass is 266 g/mol. The predicted octanol–water partition coefficient (Wildman–Crippen LogP) is 2.00. The number of methoxy groups -OCH3 is 1. The number of hydrogen-bond donors (Lipinski definition) is 1. The molecular formula is C15H26N2O2. The first-order valence-corrected chi connectivity index (χ1v) is 6.82. The zero-order chi connectivity index (χ0) is 14.1. The molecule has 0 aliphatic carbocycles. The summed E-state index contributed by atoms with van der Waals surface area (Å²) in [6, 6.07) is 8.30. The maximum absolute atomic E-state index is 5.68. The van der Waals surface area contributed by atoms with Crippen molar-refractivity contribution in [1.29, 1.82) is 0 Å². The van der Waals surface area contributed by atoms with Gasteiger partial charge in [-0.2, -0.15) is 0 Å². The minimum Gasteiger partial charge on any atom is -0.493 e. The van der Waals surface area contributed by atoms with Gasteiger partial charge in [0.05, 0.1) is 7.11 Å². The second-order valence-electron chi connectivity index (χ2n) is 4.82. The number of nitrogens with zero attached hydrogens (tertiary/aromatic N) is 1. The summed E-state index contributed by atoms with van der Waals surface area (Å²) in [5.41, 5.74) is 0. The average Bonchev–Trinajstić information content (AvgIpc) is 2.42. The van der Waals surface area contributed by atoms with E-state index in [2.05, 4.69) is 31.1 Å². The van der Waals surface area contributed by atoms with Crippen molar-refractivity contribution in [2.24, 2.45) is 0 Å². The Bertz CT molecular complexity index is 356. The minimum atomic E-state index is 0.589. The van der Waals surface area contributed by atoms with Gasteiger partial charge in [-0.05, 0) is 33.0 Å². The SMILES string of the molecule is COc1ccccc1OCCNCCN(C)C(C)C. The van der Waals surface area contributed by atoms with Gasteiger partial charge >= 0.3 is 0 Å². The van der Waals surface area contributed by atoms with Crippen molar-refractivity contribution >= 4 is 0 Å². The van der Waals surface area contributed by atoms with Crippen LogP contribution in [0.5, 0.6) is 11.5 Å². The number of hydrogen-bond acceptors (Lipinski definition) is 4. The van der Waals surface area contributed by atoms with Gasteiger partial charge in [-0.3, -0.25) is 0 Å². The first kappa shape index (κ1) is 15.8. The van der Waals surface area contributed by atoms with Gasteiger partial charge in [0.2, 0.25) is 0 Å². The molecule has 0 radical (unpaired) electrons. The molecule has 1 aromatic carbocycles. The first-order chi connectivity index (χ1) is 9.15. The number of rotatable bonds is 9. The van der Waals surface area contributed by atoms with Gasteiger partial charge in [0.25, 0.3) is 0 Å². The highest BCUT2D eigenvalue weighted by atomic mass is 16.5. The summed E-state index contributed by atoms with van der Waals surface area (Å²) < 4.78 is 10.9. The van der Waals surface area contributed by atoms with Crippen LogP contribution in [0.1, 0.15) is 13.8 Å². The normalized spacial score (nSPS) is 11.1. The number of benzene rings is 1. The highest BCUT2D eigenvalue weighted by molar-refractivity contribution is 5.39. The van der Waals surface area contributed by atoms with Gasteiger partial charge < -0.3 is 19.7 Å². The van der Waals surface area contributed by atoms with E-state index >= 15 is 0 Å². The van der Waals surface area contributed by atoms with Crippen LogP contribution in [0.4, 0.5) is 0 Å². The van der Waals surface area contributed by atoms with E-state index in [4.69, 9.17) is 9.47 Å². The lowest BCUT2D eigenvalue weighted by Crippen LogP contribution is -2.35. The maximum atomic E-state index is 5.68. The number of nitrogens with one attached hydrogen (secondary N) is 1. The van der Waals surface area contributed by atoms with Crippen LogP contribution in [0.3, 0.4) is 0 Å². The Hall–Kier alpha value is -1.26. The molecule has 19 heavy (non-hydrogen) atoms. The first-order valence-electron chi connectivity index (χ1n) is 6.82. The zero-order valence-corrected chi connectivity index (χ0v) is 12.5. The molecule has 0 aliphatic rings. The molecule has 0 unspecified atom stereocenters. The summed E-state index contributed by atoms with van der Waals surface area (Å²) >= 11 is 0. The van der Waals surface area contributed by atoms with Crippen molar-refractivity contribution in [3.05, 3.63) is 24.3 Å². The van der Waals surface area contributed by atoms with Crippen molar-refractivity contribution < 1.29 is 9.47 Å². The lowest BCUT2D eigenvalue weighted by molar-refractivity contribution is 0.262. The molecule has 108 valence electrons. The molecule has 4 nitrogen and oxygen atoms in total. The molecule has 0 amide bonds. The Balaban J connectivity index is 2.14. The van der Waals surface area contributed by atoms with Crippen molar-refractivity contribution in [2.45, 2.75) is 19.9 Å². The smallest absolute Gasteiger partial charge is 0.161 e. The summed E-state index contributed by atoms with van der Waals surface area (Å²) in [6.45, 7) is 7.90. The van der Waals surface area contributed by atoms with Crippen LogP contribution in [-0.2, 0) is 0 Å². The standard InChI is InChI=1S/C15H26N2O2/c1-13(2)17(3)11-9-16-10-12-19-15-8-6-5-7-14(15)18-4/h5-8,13,16H,9-12H2,1-4H3. The van der Waals surface area contributed by atoms with E-state index in [0.717, 1.165) is 31.1 Å². The summed E-state index contributed by atoms with van der Waals surface area (Å²) in [7, 11) is 3.79. The van der Waals surface area contributed by atoms with Crippen molar-refractivity contribution in [2.75, 3.05) is 40.4 Å². The van der Waals surface area contributed by atoms with E-state index in [-0.39, 0.29) is 0 Å². The number of ether oxygens (including phenoxy) is 2. The fourth-order valence-electron chi connectivity index (χ4n) is 1.61. The lowest BCUT2D eigenvalue weighted by atomic mass is 10.3. The molecule has 0 aliphatic heterocycles. The fraction of sp³-hybridized carbons (Fsp3) is 0.600. The Morgan fingerprint density at radius 1 is 1.16 bits per heavy atom. The summed E-state index contributed by atoms with van der Waals surface area (Å²) in [5, 5.41) is 3.37. The third-order valence-corrected chi connectivity index (χ3v) is 3.13. The molecule has 0 fully saturated rings. The molecule has 0 aromatic heterocycles. The van der Waals surface area contributed by atoms with Crippen LogP contribution >= 0.6 is 0 Å². The summed E-state index contributed by atoms with van der Waals surface area (Å²) in [6.07, 6.45) is 0. The molecule has 1 N–H and O–H groups in total. The molecule has 0 atom stereocenters. The van der Waals surface area contributed by atoms with Crippen molar-refractivity contribution in [3.63, 3.8) is 0 Å². The second-order valence-corrected chi connectivity index (χ2v) is 4.82. The quantitative estimate of drug-likeness (QED) is 0.693. The van der Waals surface area contributed by atoms with Gasteiger partial charge in [0, 0.05) is 25.7 Å². The highest BCUT2D eigenvalue weighted by Gasteiger charge is 2.03. The Morgan fingerprint density at radius 3 is 2.47 bits per heavy atom. The molecule has 0 bridgehead atoms. The topological polar surface area (TPSA) is 33.7 Å². The third-order valence-electron chi connectivity index (χ3n) is 3.13. The number of likely N-dealkylation sites (N-methyl/N-ethyl adjacent to an activating group) is 1. The fourth-order valence-corrected chi connectivity index (χ4v) is 1.61. The van der Waals surface area contributed by atoms with Crippen LogP contribution < -0.4 is 14.8 Å². The zero-order valence-electron chi connectivity index (χ0n) is 12.5. The van der Waals surface area contributed by atoms with Crippen LogP contribution in [0.2, 0.25) is 0 Å². The Morgan fingerprint density at radius 2 is 1.84 bits per heavy atom. The number of para-hydroxylation sites is 2. The van der Waals surface area contributed by atoms with E-state index in [1.54, 1.807) is 7.11 Å². The molecule has 1 aromatic rings. The summed E-state index contributed by atoms with van der Waals surface area (Å²) in [4.78, 5) is 2.31. The summed E-state index contributed by atoms with van der Waals surface area (Å²) in [5.74, 6) is 1.58. The molecule has 0 saturated carbocycles. The Labute approximate surface area is 116 Å². The van der Waals surface area contributed by atoms with Crippen LogP contribution in [0.25, 0.3) is 0 Å². The molecule has 0 saturated heterocycles. The van der Waals surface area contributed by atoms with Crippen LogP contribution in [0, 0.1) is 0 Å². The Kier molecular flexibility index (Phi) is 7.30. The van der Waals surface area contributed by atoms with Crippen LogP contribution in [0.15, 0.2) is 24.3 Å². The molecule has 0 spiro atoms. The molecule has 1 rings (SSSR count). The molecule has 4 heteroatoms. The molecular weight excluding hydrogens is 240 g/mol. The van der Waals surface area contributed by atoms with Gasteiger partial charge in [-0.1, -0.05) is 12.1 Å². The second kappa shape index (κ2) is 8.77. The third kappa shape index (κ3) is 5.94. The van der Waals surface area contributed by atoms with Crippen molar-refractivity contribution in [3.8, 4) is 11.5 Å². The van der Waals surface area contributed by atoms with Gasteiger partial charge in [-0.15, -0.1) is 0 Å².